The van der Waals surface area contributed by atoms with Crippen molar-refractivity contribution in [2.24, 2.45) is 0 Å². The Morgan fingerprint density at radius 1 is 1.08 bits per heavy atom. The highest BCUT2D eigenvalue weighted by Gasteiger charge is 2.15. The molecule has 0 saturated heterocycles. The van der Waals surface area contributed by atoms with E-state index in [9.17, 15) is 4.79 Å². The second kappa shape index (κ2) is 7.58. The van der Waals surface area contributed by atoms with Gasteiger partial charge < -0.3 is 9.72 Å². The van der Waals surface area contributed by atoms with Crippen LogP contribution in [0, 0.1) is 13.8 Å². The number of carbonyl (C=O) groups excluding carboxylic acids is 1. The molecule has 1 heterocycles. The molecule has 124 valence electrons. The van der Waals surface area contributed by atoms with Gasteiger partial charge >= 0.3 is 0 Å². The van der Waals surface area contributed by atoms with E-state index in [1.54, 1.807) is 11.8 Å². The average molecular weight is 339 g/mol. The Kier molecular flexibility index (Phi) is 5.26. The summed E-state index contributed by atoms with van der Waals surface area (Å²) in [7, 11) is 0. The summed E-state index contributed by atoms with van der Waals surface area (Å²) in [6.07, 6.45) is 0. The van der Waals surface area contributed by atoms with E-state index < -0.39 is 0 Å². The molecular formula is C20H21NO2S. The minimum Gasteiger partial charge on any atom is -0.492 e. The lowest BCUT2D eigenvalue weighted by Crippen LogP contribution is -2.07. The van der Waals surface area contributed by atoms with Gasteiger partial charge in [0, 0.05) is 27.9 Å². The van der Waals surface area contributed by atoms with Gasteiger partial charge in [0.15, 0.2) is 5.78 Å². The zero-order valence-electron chi connectivity index (χ0n) is 14.0. The van der Waals surface area contributed by atoms with Gasteiger partial charge in [-0.15, -0.1) is 0 Å². The first-order chi connectivity index (χ1) is 11.7. The highest BCUT2D eigenvalue weighted by atomic mass is 32.2. The monoisotopic (exact) mass is 339 g/mol. The predicted molar refractivity (Wildman–Crippen MR) is 101 cm³/mol. The van der Waals surface area contributed by atoms with Crippen LogP contribution < -0.4 is 4.74 Å². The molecule has 3 aromatic rings. The summed E-state index contributed by atoms with van der Waals surface area (Å²) in [5.74, 6) is 2.35. The van der Waals surface area contributed by atoms with Crippen molar-refractivity contribution in [3.05, 3.63) is 65.4 Å². The Morgan fingerprint density at radius 2 is 1.83 bits per heavy atom. The second-order valence-electron chi connectivity index (χ2n) is 5.76. The third-order valence-electron chi connectivity index (χ3n) is 3.98. The molecule has 2 aromatic carbocycles. The van der Waals surface area contributed by atoms with E-state index in [1.165, 1.54) is 0 Å². The van der Waals surface area contributed by atoms with E-state index in [-0.39, 0.29) is 5.78 Å². The first-order valence-corrected chi connectivity index (χ1v) is 9.19. The van der Waals surface area contributed by atoms with Gasteiger partial charge in [-0.2, -0.15) is 11.8 Å². The Balaban J connectivity index is 1.52. The van der Waals surface area contributed by atoms with Gasteiger partial charge in [-0.05, 0) is 31.5 Å². The van der Waals surface area contributed by atoms with Crippen molar-refractivity contribution < 1.29 is 9.53 Å². The molecule has 0 aliphatic heterocycles. The number of H-pyrrole nitrogens is 1. The standard InChI is InChI=1S/C20H21NO2S/c1-14-7-3-6-10-19(14)23-11-12-24-13-18(22)20-15(2)21-17-9-5-4-8-16(17)20/h3-10,21H,11-13H2,1-2H3. The summed E-state index contributed by atoms with van der Waals surface area (Å²) < 4.78 is 5.76. The van der Waals surface area contributed by atoms with Crippen LogP contribution in [-0.4, -0.2) is 28.9 Å². The van der Waals surface area contributed by atoms with Crippen LogP contribution >= 0.6 is 11.8 Å². The summed E-state index contributed by atoms with van der Waals surface area (Å²) in [4.78, 5) is 15.8. The Labute approximate surface area is 146 Å². The Hall–Kier alpha value is -2.20. The van der Waals surface area contributed by atoms with Crippen LogP contribution in [0.1, 0.15) is 21.6 Å². The topological polar surface area (TPSA) is 42.1 Å². The average Bonchev–Trinajstić information content (AvgIpc) is 2.91. The number of ketones is 1. The van der Waals surface area contributed by atoms with Gasteiger partial charge in [-0.3, -0.25) is 4.79 Å². The van der Waals surface area contributed by atoms with Crippen LogP contribution in [0.4, 0.5) is 0 Å². The number of carbonyl (C=O) groups is 1. The molecule has 0 saturated carbocycles. The summed E-state index contributed by atoms with van der Waals surface area (Å²) in [5.41, 5.74) is 3.91. The Bertz CT molecular complexity index is 854. The lowest BCUT2D eigenvalue weighted by atomic mass is 10.1. The highest BCUT2D eigenvalue weighted by Crippen LogP contribution is 2.23. The van der Waals surface area contributed by atoms with E-state index in [4.69, 9.17) is 4.74 Å². The molecule has 0 bridgehead atoms. The summed E-state index contributed by atoms with van der Waals surface area (Å²) in [6, 6.07) is 15.9. The van der Waals surface area contributed by atoms with Crippen molar-refractivity contribution in [2.75, 3.05) is 18.1 Å². The fourth-order valence-corrected chi connectivity index (χ4v) is 3.48. The highest BCUT2D eigenvalue weighted by molar-refractivity contribution is 8.00. The molecule has 3 rings (SSSR count). The second-order valence-corrected chi connectivity index (χ2v) is 6.87. The minimum atomic E-state index is 0.172. The van der Waals surface area contributed by atoms with E-state index in [1.807, 2.05) is 62.4 Å². The van der Waals surface area contributed by atoms with Crippen molar-refractivity contribution >= 4 is 28.4 Å². The summed E-state index contributed by atoms with van der Waals surface area (Å²) in [6.45, 7) is 4.60. The van der Waals surface area contributed by atoms with Crippen LogP contribution in [0.3, 0.4) is 0 Å². The Morgan fingerprint density at radius 3 is 2.67 bits per heavy atom. The molecule has 0 fully saturated rings. The van der Waals surface area contributed by atoms with Crippen LogP contribution in [0.2, 0.25) is 0 Å². The number of aromatic amines is 1. The number of aryl methyl sites for hydroxylation is 2. The third-order valence-corrected chi connectivity index (χ3v) is 4.91. The van der Waals surface area contributed by atoms with Gasteiger partial charge in [-0.25, -0.2) is 0 Å². The first-order valence-electron chi connectivity index (χ1n) is 8.03. The molecule has 0 aliphatic carbocycles. The molecular weight excluding hydrogens is 318 g/mol. The molecule has 0 atom stereocenters. The SMILES string of the molecule is Cc1ccccc1OCCSCC(=O)c1c(C)[nH]c2ccccc12. The maximum absolute atomic E-state index is 12.5. The van der Waals surface area contributed by atoms with Gasteiger partial charge in [0.25, 0.3) is 0 Å². The van der Waals surface area contributed by atoms with Crippen LogP contribution in [0.5, 0.6) is 5.75 Å². The van der Waals surface area contributed by atoms with Gasteiger partial charge in [0.1, 0.15) is 5.75 Å². The predicted octanol–water partition coefficient (Wildman–Crippen LogP) is 4.78. The quantitative estimate of drug-likeness (QED) is 0.497. The normalized spacial score (nSPS) is 10.9. The summed E-state index contributed by atoms with van der Waals surface area (Å²) in [5, 5.41) is 1.01. The molecule has 1 aromatic heterocycles. The molecule has 0 aliphatic rings. The van der Waals surface area contributed by atoms with Crippen molar-refractivity contribution in [1.29, 1.82) is 0 Å². The fourth-order valence-electron chi connectivity index (χ4n) is 2.80. The number of fused-ring (bicyclic) bond motifs is 1. The van der Waals surface area contributed by atoms with E-state index >= 15 is 0 Å². The molecule has 0 unspecified atom stereocenters. The number of para-hydroxylation sites is 2. The number of thioether (sulfide) groups is 1. The minimum absolute atomic E-state index is 0.172. The maximum Gasteiger partial charge on any atom is 0.175 e. The van der Waals surface area contributed by atoms with E-state index in [0.29, 0.717) is 12.4 Å². The van der Waals surface area contributed by atoms with E-state index in [0.717, 1.165) is 39.2 Å². The fraction of sp³-hybridized carbons (Fsp3) is 0.250. The molecule has 4 heteroatoms. The van der Waals surface area contributed by atoms with Crippen molar-refractivity contribution in [1.82, 2.24) is 4.98 Å². The van der Waals surface area contributed by atoms with Crippen molar-refractivity contribution in [3.8, 4) is 5.75 Å². The maximum atomic E-state index is 12.5. The lowest BCUT2D eigenvalue weighted by Gasteiger charge is -2.08. The number of Topliss-reactive ketones (excluding diaryl/α,β-unsaturated/α-hetero) is 1. The zero-order valence-corrected chi connectivity index (χ0v) is 14.8. The number of ether oxygens (including phenoxy) is 1. The number of aromatic nitrogens is 1. The number of hydrogen-bond acceptors (Lipinski definition) is 3. The van der Waals surface area contributed by atoms with Crippen molar-refractivity contribution in [3.63, 3.8) is 0 Å². The molecule has 1 N–H and O–H groups in total. The smallest absolute Gasteiger partial charge is 0.175 e. The van der Waals surface area contributed by atoms with Gasteiger partial charge in [-0.1, -0.05) is 36.4 Å². The molecule has 0 radical (unpaired) electrons. The van der Waals surface area contributed by atoms with Gasteiger partial charge in [0.05, 0.1) is 12.4 Å². The number of nitrogens with one attached hydrogen (secondary N) is 1. The molecule has 24 heavy (non-hydrogen) atoms. The van der Waals surface area contributed by atoms with E-state index in [2.05, 4.69) is 4.98 Å². The number of benzene rings is 2. The van der Waals surface area contributed by atoms with Crippen LogP contribution in [0.15, 0.2) is 48.5 Å². The van der Waals surface area contributed by atoms with Crippen LogP contribution in [-0.2, 0) is 0 Å². The number of hydrogen-bond donors (Lipinski definition) is 1. The molecule has 3 nitrogen and oxygen atoms in total. The first kappa shape index (κ1) is 16.7. The zero-order chi connectivity index (χ0) is 16.9. The molecule has 0 spiro atoms. The molecule has 0 amide bonds. The largest absolute Gasteiger partial charge is 0.492 e. The number of rotatable bonds is 7. The third kappa shape index (κ3) is 3.65. The van der Waals surface area contributed by atoms with Crippen molar-refractivity contribution in [2.45, 2.75) is 13.8 Å². The summed E-state index contributed by atoms with van der Waals surface area (Å²) >= 11 is 1.61. The lowest BCUT2D eigenvalue weighted by molar-refractivity contribution is 0.102. The van der Waals surface area contributed by atoms with Gasteiger partial charge in [0.2, 0.25) is 0 Å². The van der Waals surface area contributed by atoms with Crippen LogP contribution in [0.25, 0.3) is 10.9 Å².